The van der Waals surface area contributed by atoms with E-state index in [0.717, 1.165) is 5.56 Å². The van der Waals surface area contributed by atoms with Crippen molar-refractivity contribution in [2.45, 2.75) is 44.8 Å². The van der Waals surface area contributed by atoms with E-state index in [2.05, 4.69) is 10.3 Å². The van der Waals surface area contributed by atoms with Crippen LogP contribution in [0.5, 0.6) is 5.75 Å². The molecule has 6 rings (SSSR count). The van der Waals surface area contributed by atoms with Gasteiger partial charge in [0, 0.05) is 24.7 Å². The number of methoxy groups -OCH3 is 1. The number of hydrogen-bond acceptors (Lipinski definition) is 10. The number of ketones is 1. The highest BCUT2D eigenvalue weighted by atomic mass is 32.1. The second-order valence-corrected chi connectivity index (χ2v) is 12.3. The molecule has 4 heterocycles. The van der Waals surface area contributed by atoms with Crippen LogP contribution in [0.2, 0.25) is 0 Å². The summed E-state index contributed by atoms with van der Waals surface area (Å²) in [6, 6.07) is 7.49. The average molecular weight is 624 g/mol. The van der Waals surface area contributed by atoms with Crippen LogP contribution < -0.4 is 15.0 Å². The normalized spacial score (nSPS) is 22.4. The van der Waals surface area contributed by atoms with Crippen LogP contribution in [0.15, 0.2) is 41.1 Å². The van der Waals surface area contributed by atoms with Crippen LogP contribution in [-0.4, -0.2) is 73.2 Å². The molecule has 3 aromatic rings. The Morgan fingerprint density at radius 3 is 2.66 bits per heavy atom. The fraction of sp³-hybridized carbons (Fsp3) is 0.452. The molecule has 1 aromatic carbocycles. The number of aromatic nitrogens is 1. The van der Waals surface area contributed by atoms with E-state index < -0.39 is 41.8 Å². The van der Waals surface area contributed by atoms with Crippen LogP contribution in [0, 0.1) is 18.3 Å². The maximum Gasteiger partial charge on any atom is 0.322 e. The Balaban J connectivity index is 1.40. The van der Waals surface area contributed by atoms with E-state index in [1.165, 1.54) is 23.8 Å². The maximum absolute atomic E-state index is 14.5. The zero-order chi connectivity index (χ0) is 31.0. The minimum atomic E-state index is -1.46. The van der Waals surface area contributed by atoms with E-state index in [1.54, 1.807) is 18.9 Å². The van der Waals surface area contributed by atoms with Gasteiger partial charge >= 0.3 is 5.97 Å². The highest BCUT2D eigenvalue weighted by molar-refractivity contribution is 7.20. The van der Waals surface area contributed by atoms with Crippen molar-refractivity contribution in [2.24, 2.45) is 11.3 Å². The minimum Gasteiger partial charge on any atom is -0.496 e. The smallest absolute Gasteiger partial charge is 0.322 e. The lowest BCUT2D eigenvalue weighted by molar-refractivity contribution is -0.143. The van der Waals surface area contributed by atoms with Crippen LogP contribution in [0.1, 0.15) is 53.3 Å². The summed E-state index contributed by atoms with van der Waals surface area (Å²) in [4.78, 5) is 58.9. The van der Waals surface area contributed by atoms with Gasteiger partial charge in [0.1, 0.15) is 35.1 Å². The fourth-order valence-corrected chi connectivity index (χ4v) is 7.59. The Morgan fingerprint density at radius 2 is 1.98 bits per heavy atom. The van der Waals surface area contributed by atoms with Gasteiger partial charge in [-0.3, -0.25) is 24.1 Å². The maximum atomic E-state index is 14.5. The number of oxazole rings is 1. The van der Waals surface area contributed by atoms with E-state index in [4.69, 9.17) is 23.7 Å². The van der Waals surface area contributed by atoms with Crippen LogP contribution in [0.3, 0.4) is 0 Å². The summed E-state index contributed by atoms with van der Waals surface area (Å²) in [6.07, 6.45) is 3.63. The zero-order valence-corrected chi connectivity index (χ0v) is 25.2. The van der Waals surface area contributed by atoms with Gasteiger partial charge in [-0.15, -0.1) is 11.3 Å². The van der Waals surface area contributed by atoms with Gasteiger partial charge < -0.3 is 29.1 Å². The third-order valence-electron chi connectivity index (χ3n) is 8.65. The first-order chi connectivity index (χ1) is 21.2. The fourth-order valence-electron chi connectivity index (χ4n) is 6.34. The number of amides is 2. The summed E-state index contributed by atoms with van der Waals surface area (Å²) in [6.45, 7) is 2.51. The van der Waals surface area contributed by atoms with E-state index in [-0.39, 0.29) is 31.3 Å². The number of nitrogens with zero attached hydrogens (tertiary/aromatic N) is 2. The number of nitrogens with one attached hydrogen (secondary N) is 1. The molecule has 1 atom stereocenters. The van der Waals surface area contributed by atoms with E-state index in [1.807, 2.05) is 24.3 Å². The molecule has 2 aliphatic heterocycles. The first kappa shape index (κ1) is 30.0. The molecule has 0 unspecified atom stereocenters. The Kier molecular flexibility index (Phi) is 8.27. The van der Waals surface area contributed by atoms with Crippen molar-refractivity contribution in [3.8, 4) is 16.5 Å². The molecule has 2 N–H and O–H groups in total. The van der Waals surface area contributed by atoms with Gasteiger partial charge in [0.15, 0.2) is 5.78 Å². The quantitative estimate of drug-likeness (QED) is 0.319. The predicted octanol–water partition coefficient (Wildman–Crippen LogP) is 3.78. The number of benzene rings is 1. The molecule has 13 heteroatoms. The van der Waals surface area contributed by atoms with Crippen molar-refractivity contribution >= 4 is 39.9 Å². The highest BCUT2D eigenvalue weighted by Crippen LogP contribution is 2.57. The van der Waals surface area contributed by atoms with Crippen LogP contribution in [-0.2, 0) is 23.9 Å². The molecule has 1 aliphatic carbocycles. The Hall–Kier alpha value is -4.07. The Bertz CT molecular complexity index is 1570. The number of anilines is 1. The third kappa shape index (κ3) is 5.29. The summed E-state index contributed by atoms with van der Waals surface area (Å²) >= 11 is 1.26. The molecule has 12 nitrogen and oxygen atoms in total. The lowest BCUT2D eigenvalue weighted by atomic mass is 9.56. The number of Topliss-reactive ketones (excluding diaryl/α,β-unsaturated/α-hetero) is 1. The summed E-state index contributed by atoms with van der Waals surface area (Å²) in [5, 5.41) is 11.8. The molecule has 3 aliphatic rings. The number of aliphatic carboxylic acids is 1. The lowest BCUT2D eigenvalue weighted by Crippen LogP contribution is -2.61. The largest absolute Gasteiger partial charge is 0.496 e. The molecule has 1 spiro atoms. The zero-order valence-electron chi connectivity index (χ0n) is 24.4. The van der Waals surface area contributed by atoms with Crippen molar-refractivity contribution in [1.82, 2.24) is 10.3 Å². The Labute approximate surface area is 257 Å². The van der Waals surface area contributed by atoms with Gasteiger partial charge in [0.05, 0.1) is 36.4 Å². The van der Waals surface area contributed by atoms with Crippen molar-refractivity contribution in [3.05, 3.63) is 53.4 Å². The number of fused-ring (bicyclic) bond motifs is 1. The Morgan fingerprint density at radius 1 is 1.23 bits per heavy atom. The third-order valence-corrected chi connectivity index (χ3v) is 9.95. The van der Waals surface area contributed by atoms with E-state index in [0.29, 0.717) is 58.7 Å². The molecule has 0 bridgehead atoms. The molecule has 2 aromatic heterocycles. The summed E-state index contributed by atoms with van der Waals surface area (Å²) in [7, 11) is 1.58. The number of carboxylic acid groups (broad SMARTS) is 1. The molecular formula is C31H33N3O9S. The monoisotopic (exact) mass is 623 g/mol. The molecule has 2 fully saturated rings. The molecule has 232 valence electrons. The van der Waals surface area contributed by atoms with E-state index >= 15 is 0 Å². The first-order valence-electron chi connectivity index (χ1n) is 14.5. The topological polar surface area (TPSA) is 158 Å². The molecule has 1 saturated carbocycles. The van der Waals surface area contributed by atoms with Gasteiger partial charge in [-0.05, 0) is 44.2 Å². The molecular weight excluding hydrogens is 590 g/mol. The number of carboxylic acids is 1. The average Bonchev–Trinajstić information content (AvgIpc) is 3.65. The van der Waals surface area contributed by atoms with Gasteiger partial charge in [0.2, 0.25) is 17.7 Å². The van der Waals surface area contributed by atoms with Crippen molar-refractivity contribution in [1.29, 1.82) is 0 Å². The summed E-state index contributed by atoms with van der Waals surface area (Å²) in [5.74, 6) is -2.13. The number of para-hydroxylation sites is 1. The SMILES string of the molecule is COc1ccccc1[C@H](CN1C(=O)C2(CC(C(=O)NCC(=O)O)C2)C(=O)c2c1sc(-c1ncco1)c2C)OC1CCOCC1. The molecule has 2 amide bonds. The van der Waals surface area contributed by atoms with Crippen LogP contribution in [0.4, 0.5) is 5.00 Å². The second-order valence-electron chi connectivity index (χ2n) is 11.3. The van der Waals surface area contributed by atoms with Crippen LogP contribution in [0.25, 0.3) is 10.8 Å². The van der Waals surface area contributed by atoms with Crippen molar-refractivity contribution in [3.63, 3.8) is 0 Å². The van der Waals surface area contributed by atoms with Crippen molar-refractivity contribution in [2.75, 3.05) is 38.3 Å². The predicted molar refractivity (Wildman–Crippen MR) is 158 cm³/mol. The van der Waals surface area contributed by atoms with Gasteiger partial charge in [-0.2, -0.15) is 0 Å². The van der Waals surface area contributed by atoms with Crippen molar-refractivity contribution < 1.29 is 42.9 Å². The van der Waals surface area contributed by atoms with Gasteiger partial charge in [-0.1, -0.05) is 18.2 Å². The number of hydrogen-bond donors (Lipinski definition) is 2. The van der Waals surface area contributed by atoms with Gasteiger partial charge in [-0.25, -0.2) is 4.98 Å². The van der Waals surface area contributed by atoms with E-state index in [9.17, 15) is 19.2 Å². The first-order valence-corrected chi connectivity index (χ1v) is 15.3. The minimum absolute atomic E-state index is 0.0180. The standard InChI is InChI=1S/C31H33N3O9S/c1-17-24-26(37)31(13-18(14-31)27(38)33-15-23(35)36)30(39)34(29(24)44-25(17)28-32-9-12-42-28)16-22(43-19-7-10-41-11-8-19)20-5-3-4-6-21(20)40-2/h3-6,9,12,18-19,22H,7-8,10-11,13-16H2,1-2H3,(H,33,38)(H,35,36)/t18?,22-,31?/m0/s1. The van der Waals surface area contributed by atoms with Gasteiger partial charge in [0.25, 0.3) is 0 Å². The summed E-state index contributed by atoms with van der Waals surface area (Å²) < 4.78 is 23.5. The highest BCUT2D eigenvalue weighted by Gasteiger charge is 2.63. The number of carbonyl (C=O) groups excluding carboxylic acids is 3. The number of carbonyl (C=O) groups is 4. The number of rotatable bonds is 10. The number of thiophene rings is 1. The molecule has 0 radical (unpaired) electrons. The second kappa shape index (κ2) is 12.1. The number of ether oxygens (including phenoxy) is 3. The van der Waals surface area contributed by atoms with Crippen LogP contribution >= 0.6 is 11.3 Å². The summed E-state index contributed by atoms with van der Waals surface area (Å²) in [5.41, 5.74) is 0.355. The lowest BCUT2D eigenvalue weighted by Gasteiger charge is -2.49. The molecule has 44 heavy (non-hydrogen) atoms. The molecule has 1 saturated heterocycles.